The summed E-state index contributed by atoms with van der Waals surface area (Å²) in [7, 11) is 0. The quantitative estimate of drug-likeness (QED) is 0.624. The van der Waals surface area contributed by atoms with Crippen molar-refractivity contribution in [3.8, 4) is 5.75 Å². The molecule has 0 bridgehead atoms. The van der Waals surface area contributed by atoms with Crippen molar-refractivity contribution in [3.63, 3.8) is 0 Å². The highest BCUT2D eigenvalue weighted by molar-refractivity contribution is 6.07. The van der Waals surface area contributed by atoms with Crippen LogP contribution >= 0.6 is 0 Å². The fourth-order valence-electron chi connectivity index (χ4n) is 2.93. The highest BCUT2D eigenvalue weighted by atomic mass is 16.6. The topological polar surface area (TPSA) is 47.9 Å². The lowest BCUT2D eigenvalue weighted by Gasteiger charge is -2.19. The summed E-state index contributed by atoms with van der Waals surface area (Å²) in [6, 6.07) is 7.61. The van der Waals surface area contributed by atoms with Gasteiger partial charge in [0.15, 0.2) is 5.70 Å². The van der Waals surface area contributed by atoms with Crippen LogP contribution < -0.4 is 4.74 Å². The molecule has 1 aromatic carbocycles. The molecule has 116 valence electrons. The van der Waals surface area contributed by atoms with Crippen molar-refractivity contribution in [1.29, 1.82) is 0 Å². The zero-order valence-electron chi connectivity index (χ0n) is 12.9. The summed E-state index contributed by atoms with van der Waals surface area (Å²) in [4.78, 5) is 16.4. The number of benzene rings is 1. The highest BCUT2D eigenvalue weighted by Gasteiger charge is 2.29. The Labute approximate surface area is 130 Å². The molecule has 0 unspecified atom stereocenters. The van der Waals surface area contributed by atoms with E-state index in [1.165, 1.54) is 19.3 Å². The lowest BCUT2D eigenvalue weighted by molar-refractivity contribution is -0.130. The number of esters is 1. The maximum absolute atomic E-state index is 12.0. The van der Waals surface area contributed by atoms with Gasteiger partial charge in [0.05, 0.1) is 6.61 Å². The Bertz CT molecular complexity index is 595. The molecule has 3 rings (SSSR count). The first-order valence-corrected chi connectivity index (χ1v) is 8.01. The van der Waals surface area contributed by atoms with E-state index in [1.807, 2.05) is 31.2 Å². The van der Waals surface area contributed by atoms with Crippen molar-refractivity contribution in [2.75, 3.05) is 6.61 Å². The normalized spacial score (nSPS) is 20.9. The zero-order chi connectivity index (χ0) is 15.4. The van der Waals surface area contributed by atoms with Gasteiger partial charge in [-0.05, 0) is 43.5 Å². The van der Waals surface area contributed by atoms with Crippen LogP contribution in [0.5, 0.6) is 5.75 Å². The number of nitrogens with zero attached hydrogens (tertiary/aromatic N) is 1. The maximum atomic E-state index is 12.0. The number of hydrogen-bond donors (Lipinski definition) is 0. The number of carbonyl (C=O) groups is 1. The first-order valence-electron chi connectivity index (χ1n) is 8.01. The van der Waals surface area contributed by atoms with Gasteiger partial charge < -0.3 is 9.47 Å². The van der Waals surface area contributed by atoms with Crippen molar-refractivity contribution in [2.45, 2.75) is 39.0 Å². The van der Waals surface area contributed by atoms with E-state index in [-0.39, 0.29) is 5.97 Å². The standard InChI is InChI=1S/C18H21NO3/c1-2-21-15-10-8-13(9-11-15)12-16-18(20)22-17(19-16)14-6-4-3-5-7-14/h8-12,14H,2-7H2,1H3/b16-12+. The Kier molecular flexibility index (Phi) is 4.56. The predicted octanol–water partition coefficient (Wildman–Crippen LogP) is 3.96. The van der Waals surface area contributed by atoms with Crippen molar-refractivity contribution >= 4 is 17.9 Å². The highest BCUT2D eigenvalue weighted by Crippen LogP contribution is 2.29. The van der Waals surface area contributed by atoms with Gasteiger partial charge in [-0.25, -0.2) is 9.79 Å². The van der Waals surface area contributed by atoms with Crippen LogP contribution in [-0.2, 0) is 9.53 Å². The van der Waals surface area contributed by atoms with E-state index in [4.69, 9.17) is 9.47 Å². The molecule has 1 fully saturated rings. The molecule has 22 heavy (non-hydrogen) atoms. The van der Waals surface area contributed by atoms with E-state index < -0.39 is 0 Å². The van der Waals surface area contributed by atoms with Gasteiger partial charge in [0, 0.05) is 5.92 Å². The molecular weight excluding hydrogens is 278 g/mol. The van der Waals surface area contributed by atoms with E-state index in [0.29, 0.717) is 24.1 Å². The Hall–Kier alpha value is -2.10. The molecule has 4 heteroatoms. The molecule has 0 saturated heterocycles. The number of rotatable bonds is 4. The third kappa shape index (κ3) is 3.38. The third-order valence-electron chi connectivity index (χ3n) is 4.09. The molecule has 0 aromatic heterocycles. The monoisotopic (exact) mass is 299 g/mol. The number of cyclic esters (lactones) is 1. The van der Waals surface area contributed by atoms with E-state index >= 15 is 0 Å². The second-order valence-corrected chi connectivity index (χ2v) is 5.71. The first kappa shape index (κ1) is 14.8. The average Bonchev–Trinajstić information content (AvgIpc) is 2.91. The average molecular weight is 299 g/mol. The Morgan fingerprint density at radius 2 is 1.95 bits per heavy atom. The van der Waals surface area contributed by atoms with E-state index in [9.17, 15) is 4.79 Å². The van der Waals surface area contributed by atoms with Gasteiger partial charge in [-0.2, -0.15) is 0 Å². The lowest BCUT2D eigenvalue weighted by Crippen LogP contribution is -2.19. The Balaban J connectivity index is 1.75. The third-order valence-corrected chi connectivity index (χ3v) is 4.09. The molecule has 1 aliphatic heterocycles. The fraction of sp³-hybridized carbons (Fsp3) is 0.444. The Morgan fingerprint density at radius 1 is 1.23 bits per heavy atom. The summed E-state index contributed by atoms with van der Waals surface area (Å²) >= 11 is 0. The minimum atomic E-state index is -0.338. The van der Waals surface area contributed by atoms with Crippen molar-refractivity contribution in [1.82, 2.24) is 0 Å². The molecule has 0 spiro atoms. The molecule has 1 aromatic rings. The van der Waals surface area contributed by atoms with E-state index in [2.05, 4.69) is 4.99 Å². The van der Waals surface area contributed by atoms with Crippen LogP contribution in [0.2, 0.25) is 0 Å². The minimum absolute atomic E-state index is 0.309. The van der Waals surface area contributed by atoms with Gasteiger partial charge in [0.1, 0.15) is 5.75 Å². The molecule has 2 aliphatic rings. The van der Waals surface area contributed by atoms with Crippen molar-refractivity contribution in [2.24, 2.45) is 10.9 Å². The second kappa shape index (κ2) is 6.77. The molecule has 1 saturated carbocycles. The first-order chi connectivity index (χ1) is 10.8. The van der Waals surface area contributed by atoms with Gasteiger partial charge in [0.2, 0.25) is 5.90 Å². The van der Waals surface area contributed by atoms with Gasteiger partial charge in [-0.3, -0.25) is 0 Å². The molecule has 4 nitrogen and oxygen atoms in total. The van der Waals surface area contributed by atoms with Gasteiger partial charge in [-0.1, -0.05) is 31.4 Å². The van der Waals surface area contributed by atoms with Gasteiger partial charge in [0.25, 0.3) is 0 Å². The molecule has 0 atom stereocenters. The fourth-order valence-corrected chi connectivity index (χ4v) is 2.93. The summed E-state index contributed by atoms with van der Waals surface area (Å²) in [6.45, 7) is 2.59. The minimum Gasteiger partial charge on any atom is -0.494 e. The van der Waals surface area contributed by atoms with Crippen LogP contribution in [0.1, 0.15) is 44.6 Å². The maximum Gasteiger partial charge on any atom is 0.363 e. The molecule has 0 radical (unpaired) electrons. The molecule has 0 amide bonds. The van der Waals surface area contributed by atoms with Crippen LogP contribution in [0.3, 0.4) is 0 Å². The molecule has 0 N–H and O–H groups in total. The van der Waals surface area contributed by atoms with Crippen LogP contribution in [0.15, 0.2) is 35.0 Å². The predicted molar refractivity (Wildman–Crippen MR) is 85.7 cm³/mol. The van der Waals surface area contributed by atoms with Crippen LogP contribution in [0.4, 0.5) is 0 Å². The van der Waals surface area contributed by atoms with Crippen LogP contribution in [-0.4, -0.2) is 18.5 Å². The molecule has 1 heterocycles. The number of carbonyl (C=O) groups excluding carboxylic acids is 1. The zero-order valence-corrected chi connectivity index (χ0v) is 12.9. The largest absolute Gasteiger partial charge is 0.494 e. The summed E-state index contributed by atoms with van der Waals surface area (Å²) in [6.07, 6.45) is 7.57. The Morgan fingerprint density at radius 3 is 2.64 bits per heavy atom. The SMILES string of the molecule is CCOc1ccc(/C=C2/N=C(C3CCCCC3)OC2=O)cc1. The lowest BCUT2D eigenvalue weighted by atomic mass is 9.89. The van der Waals surface area contributed by atoms with Crippen molar-refractivity contribution in [3.05, 3.63) is 35.5 Å². The summed E-state index contributed by atoms with van der Waals surface area (Å²) in [5.41, 5.74) is 1.31. The van der Waals surface area contributed by atoms with Crippen LogP contribution in [0, 0.1) is 5.92 Å². The van der Waals surface area contributed by atoms with E-state index in [1.54, 1.807) is 6.08 Å². The number of hydrogen-bond acceptors (Lipinski definition) is 4. The number of aliphatic imine (C=N–C) groups is 1. The molecular formula is C18H21NO3. The summed E-state index contributed by atoms with van der Waals surface area (Å²) in [5.74, 6) is 1.41. The summed E-state index contributed by atoms with van der Waals surface area (Å²) in [5, 5.41) is 0. The number of ether oxygens (including phenoxy) is 2. The van der Waals surface area contributed by atoms with Crippen molar-refractivity contribution < 1.29 is 14.3 Å². The second-order valence-electron chi connectivity index (χ2n) is 5.71. The van der Waals surface area contributed by atoms with E-state index in [0.717, 1.165) is 24.2 Å². The van der Waals surface area contributed by atoms with Crippen LogP contribution in [0.25, 0.3) is 6.08 Å². The smallest absolute Gasteiger partial charge is 0.363 e. The summed E-state index contributed by atoms with van der Waals surface area (Å²) < 4.78 is 10.8. The molecule has 1 aliphatic carbocycles. The van der Waals surface area contributed by atoms with Gasteiger partial charge >= 0.3 is 5.97 Å². The van der Waals surface area contributed by atoms with Gasteiger partial charge in [-0.15, -0.1) is 0 Å².